The quantitative estimate of drug-likeness (QED) is 0.833. The van der Waals surface area contributed by atoms with Crippen LogP contribution in [0.25, 0.3) is 0 Å². The van der Waals surface area contributed by atoms with Crippen LogP contribution in [0.1, 0.15) is 53.4 Å². The number of hydrogen-bond donors (Lipinski definition) is 1. The Kier molecular flexibility index (Phi) is 6.16. The van der Waals surface area contributed by atoms with Gasteiger partial charge < -0.3 is 19.3 Å². The summed E-state index contributed by atoms with van der Waals surface area (Å²) in [6, 6.07) is 9.92. The molecule has 29 heavy (non-hydrogen) atoms. The molecule has 2 saturated heterocycles. The summed E-state index contributed by atoms with van der Waals surface area (Å²) in [4.78, 5) is 16.8. The largest absolute Gasteiger partial charge is 0.496 e. The number of aliphatic hydroxyl groups excluding tert-OH is 1. The lowest BCUT2D eigenvalue weighted by Crippen LogP contribution is -2.39. The van der Waals surface area contributed by atoms with Crippen LogP contribution in [0.4, 0.5) is 0 Å². The van der Waals surface area contributed by atoms with Crippen LogP contribution < -0.4 is 4.74 Å². The van der Waals surface area contributed by atoms with Crippen molar-refractivity contribution in [1.29, 1.82) is 0 Å². The van der Waals surface area contributed by atoms with Crippen molar-refractivity contribution in [3.8, 4) is 5.75 Å². The number of aromatic nitrogens is 1. The summed E-state index contributed by atoms with van der Waals surface area (Å²) in [5.41, 5.74) is 2.04. The molecule has 1 amide bonds. The average molecular weight is 399 g/mol. The molecule has 0 spiro atoms. The molecular formula is C22H29N3O4. The minimum absolute atomic E-state index is 0.127. The molecule has 3 heterocycles. The summed E-state index contributed by atoms with van der Waals surface area (Å²) in [5.74, 6) is 1.35. The number of carbonyl (C=O) groups excluding carboxylic acids is 1. The van der Waals surface area contributed by atoms with Crippen LogP contribution in [0.3, 0.4) is 0 Å². The Morgan fingerprint density at radius 3 is 2.83 bits per heavy atom. The molecule has 2 fully saturated rings. The highest BCUT2D eigenvalue weighted by molar-refractivity contribution is 5.91. The van der Waals surface area contributed by atoms with E-state index >= 15 is 0 Å². The third-order valence-corrected chi connectivity index (χ3v) is 6.00. The van der Waals surface area contributed by atoms with Gasteiger partial charge in [0.15, 0.2) is 0 Å². The maximum atomic E-state index is 12.7. The topological polar surface area (TPSA) is 79.0 Å². The van der Waals surface area contributed by atoms with Crippen LogP contribution >= 0.6 is 0 Å². The first kappa shape index (κ1) is 19.9. The molecule has 2 aliphatic rings. The SMILES string of the molecule is COc1ccccc1CN1CCCC(c2cc(C(=O)N3CCC(O)CC3)on2)C1. The molecule has 2 aliphatic heterocycles. The average Bonchev–Trinajstić information content (AvgIpc) is 3.25. The third kappa shape index (κ3) is 4.62. The van der Waals surface area contributed by atoms with Gasteiger partial charge in [-0.2, -0.15) is 0 Å². The summed E-state index contributed by atoms with van der Waals surface area (Å²) in [6.45, 7) is 3.88. The lowest BCUT2D eigenvalue weighted by molar-refractivity contribution is 0.0512. The van der Waals surface area contributed by atoms with Gasteiger partial charge in [-0.3, -0.25) is 9.69 Å². The summed E-state index contributed by atoms with van der Waals surface area (Å²) in [6.07, 6.45) is 3.06. The Bertz CT molecular complexity index is 829. The van der Waals surface area contributed by atoms with Crippen LogP contribution in [-0.4, -0.2) is 65.4 Å². The summed E-state index contributed by atoms with van der Waals surface area (Å²) >= 11 is 0. The third-order valence-electron chi connectivity index (χ3n) is 6.00. The van der Waals surface area contributed by atoms with Gasteiger partial charge in [0.05, 0.1) is 18.9 Å². The smallest absolute Gasteiger partial charge is 0.292 e. The standard InChI is InChI=1S/C22H29N3O4/c1-28-20-7-3-2-5-17(20)15-24-10-4-6-16(14-24)19-13-21(29-23-19)22(27)25-11-8-18(26)9-12-25/h2-3,5,7,13,16,18,26H,4,6,8-12,14-15H2,1H3. The van der Waals surface area contributed by atoms with Gasteiger partial charge in [0.1, 0.15) is 5.75 Å². The van der Waals surface area contributed by atoms with Crippen LogP contribution in [0.5, 0.6) is 5.75 Å². The predicted octanol–water partition coefficient (Wildman–Crippen LogP) is 2.66. The molecule has 0 radical (unpaired) electrons. The van der Waals surface area contributed by atoms with Crippen LogP contribution in [-0.2, 0) is 6.54 Å². The van der Waals surface area contributed by atoms with Gasteiger partial charge in [-0.1, -0.05) is 23.4 Å². The highest BCUT2D eigenvalue weighted by atomic mass is 16.5. The maximum absolute atomic E-state index is 12.7. The molecule has 1 aromatic heterocycles. The number of carbonyl (C=O) groups is 1. The number of para-hydroxylation sites is 1. The molecule has 1 atom stereocenters. The number of hydrogen-bond acceptors (Lipinski definition) is 6. The fourth-order valence-corrected chi connectivity index (χ4v) is 4.32. The second kappa shape index (κ2) is 8.97. The minimum Gasteiger partial charge on any atom is -0.496 e. The van der Waals surface area contributed by atoms with Gasteiger partial charge >= 0.3 is 0 Å². The lowest BCUT2D eigenvalue weighted by atomic mass is 9.94. The molecule has 7 nitrogen and oxygen atoms in total. The van der Waals surface area contributed by atoms with Crippen LogP contribution in [0.15, 0.2) is 34.9 Å². The molecule has 4 rings (SSSR count). The van der Waals surface area contributed by atoms with E-state index in [1.54, 1.807) is 12.0 Å². The van der Waals surface area contributed by atoms with E-state index in [9.17, 15) is 9.90 Å². The fourth-order valence-electron chi connectivity index (χ4n) is 4.32. The van der Waals surface area contributed by atoms with Gasteiger partial charge in [-0.25, -0.2) is 0 Å². The number of ether oxygens (including phenoxy) is 1. The lowest BCUT2D eigenvalue weighted by Gasteiger charge is -2.32. The van der Waals surface area contributed by atoms with E-state index in [-0.39, 0.29) is 17.9 Å². The first-order valence-electron chi connectivity index (χ1n) is 10.4. The Labute approximate surface area is 171 Å². The Morgan fingerprint density at radius 2 is 2.03 bits per heavy atom. The second-order valence-corrected chi connectivity index (χ2v) is 8.03. The number of aliphatic hydroxyl groups is 1. The zero-order valence-corrected chi connectivity index (χ0v) is 16.9. The molecule has 0 saturated carbocycles. The minimum atomic E-state index is -0.305. The van der Waals surface area contributed by atoms with Gasteiger partial charge in [0, 0.05) is 43.7 Å². The molecule has 156 valence electrons. The highest BCUT2D eigenvalue weighted by Gasteiger charge is 2.28. The number of benzene rings is 1. The number of likely N-dealkylation sites (tertiary alicyclic amines) is 2. The number of amides is 1. The van der Waals surface area contributed by atoms with Crippen molar-refractivity contribution in [3.05, 3.63) is 47.3 Å². The van der Waals surface area contributed by atoms with Crippen molar-refractivity contribution in [2.45, 2.75) is 44.2 Å². The van der Waals surface area contributed by atoms with Crippen LogP contribution in [0.2, 0.25) is 0 Å². The molecule has 0 bridgehead atoms. The van der Waals surface area contributed by atoms with E-state index in [0.29, 0.717) is 31.7 Å². The van der Waals surface area contributed by atoms with E-state index in [4.69, 9.17) is 9.26 Å². The van der Waals surface area contributed by atoms with E-state index in [1.807, 2.05) is 24.3 Å². The van der Waals surface area contributed by atoms with E-state index < -0.39 is 0 Å². The predicted molar refractivity (Wildman–Crippen MR) is 108 cm³/mol. The molecule has 1 N–H and O–H groups in total. The van der Waals surface area contributed by atoms with Gasteiger partial charge in [0.25, 0.3) is 5.91 Å². The maximum Gasteiger partial charge on any atom is 0.292 e. The normalized spacial score (nSPS) is 21.3. The van der Waals surface area contributed by atoms with Crippen molar-refractivity contribution in [2.24, 2.45) is 0 Å². The number of piperidine rings is 2. The van der Waals surface area contributed by atoms with Gasteiger partial charge in [-0.05, 0) is 38.3 Å². The van der Waals surface area contributed by atoms with Crippen molar-refractivity contribution in [1.82, 2.24) is 15.0 Å². The summed E-state index contributed by atoms with van der Waals surface area (Å²) in [7, 11) is 1.70. The molecular weight excluding hydrogens is 370 g/mol. The number of rotatable bonds is 5. The van der Waals surface area contributed by atoms with E-state index in [1.165, 1.54) is 5.56 Å². The van der Waals surface area contributed by atoms with Crippen molar-refractivity contribution in [3.63, 3.8) is 0 Å². The van der Waals surface area contributed by atoms with E-state index in [2.05, 4.69) is 16.1 Å². The zero-order valence-electron chi connectivity index (χ0n) is 16.9. The second-order valence-electron chi connectivity index (χ2n) is 8.03. The van der Waals surface area contributed by atoms with E-state index in [0.717, 1.165) is 43.9 Å². The monoisotopic (exact) mass is 399 g/mol. The molecule has 1 unspecified atom stereocenters. The summed E-state index contributed by atoms with van der Waals surface area (Å²) in [5, 5.41) is 13.9. The molecule has 7 heteroatoms. The van der Waals surface area contributed by atoms with Gasteiger partial charge in [-0.15, -0.1) is 0 Å². The van der Waals surface area contributed by atoms with Crippen molar-refractivity contribution >= 4 is 5.91 Å². The Morgan fingerprint density at radius 1 is 1.24 bits per heavy atom. The first-order valence-corrected chi connectivity index (χ1v) is 10.4. The number of nitrogens with zero attached hydrogens (tertiary/aromatic N) is 3. The molecule has 2 aromatic rings. The summed E-state index contributed by atoms with van der Waals surface area (Å²) < 4.78 is 10.9. The van der Waals surface area contributed by atoms with Crippen molar-refractivity contribution in [2.75, 3.05) is 33.3 Å². The van der Waals surface area contributed by atoms with Crippen LogP contribution in [0, 0.1) is 0 Å². The van der Waals surface area contributed by atoms with Crippen molar-refractivity contribution < 1.29 is 19.2 Å². The molecule has 1 aromatic carbocycles. The fraction of sp³-hybridized carbons (Fsp3) is 0.545. The number of methoxy groups -OCH3 is 1. The Balaban J connectivity index is 1.39. The molecule has 0 aliphatic carbocycles. The first-order chi connectivity index (χ1) is 14.1. The highest BCUT2D eigenvalue weighted by Crippen LogP contribution is 2.29. The van der Waals surface area contributed by atoms with Gasteiger partial charge in [0.2, 0.25) is 5.76 Å². The Hall–Kier alpha value is -2.38. The zero-order chi connectivity index (χ0) is 20.2.